The number of urea groups is 1. The minimum absolute atomic E-state index is 0.0567. The number of piperidine rings is 1. The van der Waals surface area contributed by atoms with E-state index in [0.717, 1.165) is 31.4 Å². The van der Waals surface area contributed by atoms with E-state index in [4.69, 9.17) is 4.74 Å². The van der Waals surface area contributed by atoms with Crippen LogP contribution in [0.15, 0.2) is 30.3 Å². The van der Waals surface area contributed by atoms with Crippen LogP contribution in [-0.4, -0.2) is 49.2 Å². The number of anilines is 1. The van der Waals surface area contributed by atoms with Gasteiger partial charge in [0.25, 0.3) is 0 Å². The fourth-order valence-electron chi connectivity index (χ4n) is 3.86. The molecule has 6 heteroatoms. The largest absolute Gasteiger partial charge is 0.375 e. The van der Waals surface area contributed by atoms with E-state index in [1.807, 2.05) is 35.2 Å². The topological polar surface area (TPSA) is 70.7 Å². The number of para-hydroxylation sites is 1. The van der Waals surface area contributed by atoms with Gasteiger partial charge in [0.2, 0.25) is 5.91 Å². The zero-order valence-corrected chi connectivity index (χ0v) is 14.8. The molecule has 2 fully saturated rings. The van der Waals surface area contributed by atoms with E-state index in [1.165, 1.54) is 0 Å². The smallest absolute Gasteiger partial charge is 0.321 e. The van der Waals surface area contributed by atoms with Crippen molar-refractivity contribution in [3.63, 3.8) is 0 Å². The van der Waals surface area contributed by atoms with E-state index in [0.29, 0.717) is 32.0 Å². The number of hydrogen-bond acceptors (Lipinski definition) is 3. The molecule has 0 aliphatic carbocycles. The molecule has 1 unspecified atom stereocenters. The van der Waals surface area contributed by atoms with Crippen molar-refractivity contribution in [3.05, 3.63) is 30.3 Å². The van der Waals surface area contributed by atoms with Crippen LogP contribution in [0.25, 0.3) is 0 Å². The van der Waals surface area contributed by atoms with Crippen molar-refractivity contribution in [1.29, 1.82) is 0 Å². The highest BCUT2D eigenvalue weighted by Crippen LogP contribution is 2.38. The molecule has 0 aromatic heterocycles. The van der Waals surface area contributed by atoms with E-state index in [9.17, 15) is 9.59 Å². The van der Waals surface area contributed by atoms with Gasteiger partial charge in [-0.05, 0) is 43.7 Å². The number of amides is 3. The van der Waals surface area contributed by atoms with Gasteiger partial charge < -0.3 is 20.3 Å². The summed E-state index contributed by atoms with van der Waals surface area (Å²) in [6.07, 6.45) is 4.08. The Labute approximate surface area is 148 Å². The molecule has 2 N–H and O–H groups in total. The zero-order chi connectivity index (χ0) is 17.7. The SMILES string of the molecule is CNC(=O)CC1CCOC2(CCN(C(=O)Nc3ccccc3)CC2)C1. The average Bonchev–Trinajstić information content (AvgIpc) is 2.63. The highest BCUT2D eigenvalue weighted by Gasteiger charge is 2.41. The summed E-state index contributed by atoms with van der Waals surface area (Å²) in [5.41, 5.74) is 0.646. The van der Waals surface area contributed by atoms with Gasteiger partial charge in [-0.25, -0.2) is 4.79 Å². The molecule has 25 heavy (non-hydrogen) atoms. The van der Waals surface area contributed by atoms with E-state index >= 15 is 0 Å². The molecule has 1 aromatic carbocycles. The van der Waals surface area contributed by atoms with Gasteiger partial charge in [0.1, 0.15) is 0 Å². The monoisotopic (exact) mass is 345 g/mol. The van der Waals surface area contributed by atoms with Crippen LogP contribution in [0.1, 0.15) is 32.1 Å². The van der Waals surface area contributed by atoms with Gasteiger partial charge in [0.15, 0.2) is 0 Å². The fourth-order valence-corrected chi connectivity index (χ4v) is 3.86. The van der Waals surface area contributed by atoms with Gasteiger partial charge in [-0.3, -0.25) is 4.79 Å². The molecule has 3 rings (SSSR count). The molecule has 0 radical (unpaired) electrons. The van der Waals surface area contributed by atoms with Crippen LogP contribution in [0.4, 0.5) is 10.5 Å². The number of hydrogen-bond donors (Lipinski definition) is 2. The summed E-state index contributed by atoms with van der Waals surface area (Å²) in [6, 6.07) is 9.45. The Balaban J connectivity index is 1.52. The van der Waals surface area contributed by atoms with Crippen molar-refractivity contribution >= 4 is 17.6 Å². The standard InChI is InChI=1S/C19H27N3O3/c1-20-17(23)13-15-7-12-25-19(14-15)8-10-22(11-9-19)18(24)21-16-5-3-2-4-6-16/h2-6,15H,7-14H2,1H3,(H,20,23)(H,21,24). The van der Waals surface area contributed by atoms with Crippen LogP contribution in [0.3, 0.4) is 0 Å². The first-order chi connectivity index (χ1) is 12.1. The van der Waals surface area contributed by atoms with Crippen molar-refractivity contribution < 1.29 is 14.3 Å². The van der Waals surface area contributed by atoms with Crippen LogP contribution in [0, 0.1) is 5.92 Å². The molecular formula is C19H27N3O3. The lowest BCUT2D eigenvalue weighted by atomic mass is 9.78. The minimum atomic E-state index is -0.166. The van der Waals surface area contributed by atoms with Crippen molar-refractivity contribution in [3.8, 4) is 0 Å². The summed E-state index contributed by atoms with van der Waals surface area (Å²) in [5, 5.41) is 5.65. The number of nitrogens with one attached hydrogen (secondary N) is 2. The third-order valence-corrected chi connectivity index (χ3v) is 5.33. The van der Waals surface area contributed by atoms with Gasteiger partial charge in [-0.2, -0.15) is 0 Å². The molecule has 6 nitrogen and oxygen atoms in total. The summed E-state index contributed by atoms with van der Waals surface area (Å²) in [7, 11) is 1.68. The maximum atomic E-state index is 12.4. The quantitative estimate of drug-likeness (QED) is 0.885. The summed E-state index contributed by atoms with van der Waals surface area (Å²) in [5.74, 6) is 0.472. The van der Waals surface area contributed by atoms with Gasteiger partial charge in [-0.15, -0.1) is 0 Å². The van der Waals surface area contributed by atoms with E-state index in [2.05, 4.69) is 10.6 Å². The summed E-state index contributed by atoms with van der Waals surface area (Å²) >= 11 is 0. The Morgan fingerprint density at radius 3 is 2.64 bits per heavy atom. The Kier molecular flexibility index (Phi) is 5.58. The molecule has 3 amide bonds. The van der Waals surface area contributed by atoms with Crippen LogP contribution >= 0.6 is 0 Å². The second kappa shape index (κ2) is 7.87. The van der Waals surface area contributed by atoms with Gasteiger partial charge in [0.05, 0.1) is 5.60 Å². The van der Waals surface area contributed by atoms with E-state index in [-0.39, 0.29) is 17.5 Å². The maximum absolute atomic E-state index is 12.4. The lowest BCUT2D eigenvalue weighted by Gasteiger charge is -2.46. The Hall–Kier alpha value is -2.08. The van der Waals surface area contributed by atoms with Crippen molar-refractivity contribution in [2.45, 2.75) is 37.7 Å². The number of carbonyl (C=O) groups excluding carboxylic acids is 2. The van der Waals surface area contributed by atoms with Crippen LogP contribution in [0.5, 0.6) is 0 Å². The molecule has 1 atom stereocenters. The number of carbonyl (C=O) groups is 2. The highest BCUT2D eigenvalue weighted by molar-refractivity contribution is 5.89. The number of rotatable bonds is 3. The summed E-state index contributed by atoms with van der Waals surface area (Å²) in [4.78, 5) is 25.9. The maximum Gasteiger partial charge on any atom is 0.321 e. The van der Waals surface area contributed by atoms with E-state index in [1.54, 1.807) is 7.05 Å². The number of nitrogens with zero attached hydrogens (tertiary/aromatic N) is 1. The van der Waals surface area contributed by atoms with Gasteiger partial charge >= 0.3 is 6.03 Å². The second-order valence-corrected chi connectivity index (χ2v) is 7.05. The molecule has 2 saturated heterocycles. The van der Waals surface area contributed by atoms with Crippen LogP contribution in [-0.2, 0) is 9.53 Å². The Morgan fingerprint density at radius 2 is 1.96 bits per heavy atom. The molecule has 136 valence electrons. The second-order valence-electron chi connectivity index (χ2n) is 7.05. The molecule has 0 saturated carbocycles. The van der Waals surface area contributed by atoms with Crippen LogP contribution < -0.4 is 10.6 Å². The fraction of sp³-hybridized carbons (Fsp3) is 0.579. The van der Waals surface area contributed by atoms with Crippen molar-refractivity contribution in [2.24, 2.45) is 5.92 Å². The van der Waals surface area contributed by atoms with Crippen molar-refractivity contribution in [2.75, 3.05) is 32.1 Å². The first-order valence-corrected chi connectivity index (χ1v) is 9.06. The predicted octanol–water partition coefficient (Wildman–Crippen LogP) is 2.62. The molecule has 2 aliphatic rings. The zero-order valence-electron chi connectivity index (χ0n) is 14.8. The molecular weight excluding hydrogens is 318 g/mol. The molecule has 2 heterocycles. The minimum Gasteiger partial charge on any atom is -0.375 e. The summed E-state index contributed by atoms with van der Waals surface area (Å²) < 4.78 is 6.11. The Bertz CT molecular complexity index is 597. The molecule has 0 bridgehead atoms. The van der Waals surface area contributed by atoms with Gasteiger partial charge in [0, 0.05) is 38.9 Å². The molecule has 2 aliphatic heterocycles. The number of likely N-dealkylation sites (tertiary alicyclic amines) is 1. The molecule has 1 spiro atoms. The normalized spacial score (nSPS) is 22.4. The lowest BCUT2D eigenvalue weighted by molar-refractivity contribution is -0.133. The first-order valence-electron chi connectivity index (χ1n) is 9.06. The predicted molar refractivity (Wildman–Crippen MR) is 96.4 cm³/mol. The molecule has 1 aromatic rings. The third-order valence-electron chi connectivity index (χ3n) is 5.33. The van der Waals surface area contributed by atoms with E-state index < -0.39 is 0 Å². The Morgan fingerprint density at radius 1 is 1.24 bits per heavy atom. The number of benzene rings is 1. The summed E-state index contributed by atoms with van der Waals surface area (Å²) in [6.45, 7) is 2.08. The first kappa shape index (κ1) is 17.7. The highest BCUT2D eigenvalue weighted by atomic mass is 16.5. The average molecular weight is 345 g/mol. The lowest BCUT2D eigenvalue weighted by Crippen LogP contribution is -2.51. The third kappa shape index (κ3) is 4.51. The van der Waals surface area contributed by atoms with Crippen molar-refractivity contribution in [1.82, 2.24) is 10.2 Å². The number of ether oxygens (including phenoxy) is 1. The van der Waals surface area contributed by atoms with Crippen LogP contribution in [0.2, 0.25) is 0 Å². The van der Waals surface area contributed by atoms with Gasteiger partial charge in [-0.1, -0.05) is 18.2 Å².